The van der Waals surface area contributed by atoms with Gasteiger partial charge in [-0.2, -0.15) is 18.4 Å². The van der Waals surface area contributed by atoms with Crippen molar-refractivity contribution in [2.24, 2.45) is 0 Å². The maximum atomic E-state index is 12.9. The summed E-state index contributed by atoms with van der Waals surface area (Å²) in [6, 6.07) is 5.02. The predicted octanol–water partition coefficient (Wildman–Crippen LogP) is 5.02. The number of amides is 1. The van der Waals surface area contributed by atoms with Gasteiger partial charge in [0.15, 0.2) is 0 Å². The minimum Gasteiger partial charge on any atom is -0.387 e. The topological polar surface area (TPSA) is 64.9 Å². The molecule has 0 atom stereocenters. The number of carbonyl (C=O) groups excluding carboxylic acids is 1. The molecular formula is C18H19ClF3N3O. The number of benzene rings is 1. The van der Waals surface area contributed by atoms with Crippen LogP contribution in [0.5, 0.6) is 0 Å². The van der Waals surface area contributed by atoms with Crippen LogP contribution < -0.4 is 10.6 Å². The van der Waals surface area contributed by atoms with Gasteiger partial charge < -0.3 is 10.6 Å². The highest BCUT2D eigenvalue weighted by Gasteiger charge is 2.33. The molecule has 0 bridgehead atoms. The van der Waals surface area contributed by atoms with E-state index >= 15 is 0 Å². The highest BCUT2D eigenvalue weighted by Crippen LogP contribution is 2.36. The molecule has 0 saturated heterocycles. The van der Waals surface area contributed by atoms with Gasteiger partial charge in [-0.25, -0.2) is 0 Å². The third-order valence-electron chi connectivity index (χ3n) is 4.21. The highest BCUT2D eigenvalue weighted by atomic mass is 35.5. The number of carbonyl (C=O) groups is 1. The van der Waals surface area contributed by atoms with Crippen molar-refractivity contribution in [1.29, 1.82) is 5.26 Å². The fraction of sp³-hybridized carbons (Fsp3) is 0.444. The Labute approximate surface area is 155 Å². The third-order valence-corrected chi connectivity index (χ3v) is 4.54. The summed E-state index contributed by atoms with van der Waals surface area (Å²) >= 11 is 5.55. The van der Waals surface area contributed by atoms with Crippen molar-refractivity contribution >= 4 is 23.2 Å². The van der Waals surface area contributed by atoms with E-state index < -0.39 is 22.7 Å². The van der Waals surface area contributed by atoms with Gasteiger partial charge in [0.05, 0.1) is 10.6 Å². The van der Waals surface area contributed by atoms with Gasteiger partial charge >= 0.3 is 6.18 Å². The number of alkyl halides is 3. The van der Waals surface area contributed by atoms with Crippen LogP contribution >= 0.6 is 11.6 Å². The lowest BCUT2D eigenvalue weighted by atomic mass is 10.1. The molecule has 1 aliphatic rings. The number of nitrogens with one attached hydrogen (secondary N) is 2. The fourth-order valence-corrected chi connectivity index (χ4v) is 3.04. The highest BCUT2D eigenvalue weighted by molar-refractivity contribution is 6.31. The molecule has 2 rings (SSSR count). The van der Waals surface area contributed by atoms with Crippen LogP contribution in [-0.4, -0.2) is 11.9 Å². The van der Waals surface area contributed by atoms with Gasteiger partial charge in [0.2, 0.25) is 0 Å². The zero-order valence-electron chi connectivity index (χ0n) is 14.0. The number of rotatable bonds is 4. The lowest BCUT2D eigenvalue weighted by Gasteiger charge is -2.15. The van der Waals surface area contributed by atoms with Gasteiger partial charge in [-0.3, -0.25) is 4.79 Å². The smallest absolute Gasteiger partial charge is 0.387 e. The first kappa shape index (κ1) is 20.1. The predicted molar refractivity (Wildman–Crippen MR) is 93.4 cm³/mol. The first-order chi connectivity index (χ1) is 12.3. The fourth-order valence-electron chi connectivity index (χ4n) is 2.81. The molecule has 1 aromatic rings. The Morgan fingerprint density at radius 2 is 1.88 bits per heavy atom. The van der Waals surface area contributed by atoms with Crippen LogP contribution in [0.15, 0.2) is 30.0 Å². The van der Waals surface area contributed by atoms with Crippen molar-refractivity contribution in [3.05, 3.63) is 40.6 Å². The molecule has 0 aromatic heterocycles. The average Bonchev–Trinajstić information content (AvgIpc) is 2.85. The molecule has 8 heteroatoms. The van der Waals surface area contributed by atoms with E-state index in [1.807, 2.05) is 0 Å². The Kier molecular flexibility index (Phi) is 6.92. The van der Waals surface area contributed by atoms with E-state index in [-0.39, 0.29) is 17.3 Å². The van der Waals surface area contributed by atoms with Crippen molar-refractivity contribution < 1.29 is 18.0 Å². The summed E-state index contributed by atoms with van der Waals surface area (Å²) in [5.41, 5.74) is -1.32. The molecule has 1 saturated carbocycles. The Balaban J connectivity index is 2.07. The molecule has 1 aliphatic carbocycles. The second-order valence-corrected chi connectivity index (χ2v) is 6.58. The zero-order valence-corrected chi connectivity index (χ0v) is 14.8. The molecular weight excluding hydrogens is 367 g/mol. The molecule has 1 amide bonds. The monoisotopic (exact) mass is 385 g/mol. The minimum atomic E-state index is -4.63. The second-order valence-electron chi connectivity index (χ2n) is 6.17. The molecule has 1 aromatic carbocycles. The Hall–Kier alpha value is -2.20. The minimum absolute atomic E-state index is 0.0812. The first-order valence-electron chi connectivity index (χ1n) is 8.35. The molecule has 0 radical (unpaired) electrons. The van der Waals surface area contributed by atoms with Crippen molar-refractivity contribution in [3.8, 4) is 6.07 Å². The zero-order chi connectivity index (χ0) is 19.2. The number of nitriles is 1. The van der Waals surface area contributed by atoms with Crippen molar-refractivity contribution in [2.75, 3.05) is 5.32 Å². The number of anilines is 1. The van der Waals surface area contributed by atoms with Crippen LogP contribution in [0.3, 0.4) is 0 Å². The lowest BCUT2D eigenvalue weighted by Crippen LogP contribution is -2.25. The second kappa shape index (κ2) is 8.95. The maximum absolute atomic E-state index is 12.9. The molecule has 140 valence electrons. The number of hydrogen-bond acceptors (Lipinski definition) is 3. The van der Waals surface area contributed by atoms with Gasteiger partial charge in [0.1, 0.15) is 11.6 Å². The van der Waals surface area contributed by atoms with E-state index in [0.29, 0.717) is 0 Å². The maximum Gasteiger partial charge on any atom is 0.417 e. The van der Waals surface area contributed by atoms with E-state index in [1.165, 1.54) is 25.1 Å². The summed E-state index contributed by atoms with van der Waals surface area (Å²) in [5, 5.41) is 14.1. The quantitative estimate of drug-likeness (QED) is 0.434. The van der Waals surface area contributed by atoms with E-state index in [1.54, 1.807) is 6.07 Å². The largest absolute Gasteiger partial charge is 0.417 e. The summed E-state index contributed by atoms with van der Waals surface area (Å²) in [5.74, 6) is -0.774. The summed E-state index contributed by atoms with van der Waals surface area (Å²) in [4.78, 5) is 12.2. The molecule has 1 fully saturated rings. The SMILES string of the molecule is N#C/C(=C/NC1CCCCCC1)C(=O)Nc1ccc(Cl)c(C(F)(F)F)c1. The van der Waals surface area contributed by atoms with Crippen LogP contribution in [0, 0.1) is 11.3 Å². The van der Waals surface area contributed by atoms with Crippen LogP contribution in [0.2, 0.25) is 5.02 Å². The normalized spacial score (nSPS) is 16.5. The lowest BCUT2D eigenvalue weighted by molar-refractivity contribution is -0.137. The molecule has 26 heavy (non-hydrogen) atoms. The Morgan fingerprint density at radius 1 is 1.23 bits per heavy atom. The molecule has 0 spiro atoms. The van der Waals surface area contributed by atoms with Crippen molar-refractivity contribution in [3.63, 3.8) is 0 Å². The Bertz CT molecular complexity index is 717. The number of hydrogen-bond donors (Lipinski definition) is 2. The molecule has 0 unspecified atom stereocenters. The van der Waals surface area contributed by atoms with Gasteiger partial charge in [0, 0.05) is 17.9 Å². The van der Waals surface area contributed by atoms with E-state index in [2.05, 4.69) is 10.6 Å². The van der Waals surface area contributed by atoms with Gasteiger partial charge in [0.25, 0.3) is 5.91 Å². The van der Waals surface area contributed by atoms with Crippen LogP contribution in [0.25, 0.3) is 0 Å². The summed E-state index contributed by atoms with van der Waals surface area (Å²) in [6.07, 6.45) is 3.15. The number of nitrogens with zero attached hydrogens (tertiary/aromatic N) is 1. The standard InChI is InChI=1S/C18H19ClF3N3O/c19-16-8-7-14(9-15(16)18(20,21)22)25-17(26)12(10-23)11-24-13-5-3-1-2-4-6-13/h7-9,11,13,24H,1-6H2,(H,25,26)/b12-11-. The average molecular weight is 386 g/mol. The third kappa shape index (κ3) is 5.67. The van der Waals surface area contributed by atoms with Gasteiger partial charge in [-0.05, 0) is 31.0 Å². The van der Waals surface area contributed by atoms with Crippen molar-refractivity contribution in [1.82, 2.24) is 5.32 Å². The summed E-state index contributed by atoms with van der Waals surface area (Å²) < 4.78 is 38.6. The van der Waals surface area contributed by atoms with Crippen LogP contribution in [0.4, 0.5) is 18.9 Å². The Morgan fingerprint density at radius 3 is 2.46 bits per heavy atom. The molecule has 0 aliphatic heterocycles. The van der Waals surface area contributed by atoms with Gasteiger partial charge in [-0.15, -0.1) is 0 Å². The van der Waals surface area contributed by atoms with E-state index in [4.69, 9.17) is 16.9 Å². The summed E-state index contributed by atoms with van der Waals surface area (Å²) in [6.45, 7) is 0. The van der Waals surface area contributed by atoms with Crippen LogP contribution in [0.1, 0.15) is 44.1 Å². The van der Waals surface area contributed by atoms with Gasteiger partial charge in [-0.1, -0.05) is 37.3 Å². The number of halogens is 4. The molecule has 2 N–H and O–H groups in total. The van der Waals surface area contributed by atoms with E-state index in [0.717, 1.165) is 37.8 Å². The van der Waals surface area contributed by atoms with Crippen molar-refractivity contribution in [2.45, 2.75) is 50.7 Å². The molecule has 0 heterocycles. The van der Waals surface area contributed by atoms with E-state index in [9.17, 15) is 18.0 Å². The summed E-state index contributed by atoms with van der Waals surface area (Å²) in [7, 11) is 0. The molecule has 4 nitrogen and oxygen atoms in total. The van der Waals surface area contributed by atoms with Crippen LogP contribution in [-0.2, 0) is 11.0 Å². The first-order valence-corrected chi connectivity index (χ1v) is 8.73.